The molecule has 1 amide bonds. The molecule has 4 nitrogen and oxygen atoms in total. The molecule has 0 spiro atoms. The van der Waals surface area contributed by atoms with Gasteiger partial charge in [0.1, 0.15) is 5.75 Å². The first kappa shape index (κ1) is 14.9. The van der Waals surface area contributed by atoms with Crippen LogP contribution in [-0.4, -0.2) is 23.8 Å². The Labute approximate surface area is 134 Å². The van der Waals surface area contributed by atoms with Gasteiger partial charge in [-0.3, -0.25) is 4.79 Å². The van der Waals surface area contributed by atoms with Crippen molar-refractivity contribution in [1.82, 2.24) is 4.98 Å². The Balaban J connectivity index is 1.70. The zero-order chi connectivity index (χ0) is 15.4. The first-order chi connectivity index (χ1) is 10.8. The highest BCUT2D eigenvalue weighted by Gasteiger charge is 2.23. The zero-order valence-electron chi connectivity index (χ0n) is 12.4. The third-order valence-electron chi connectivity index (χ3n) is 3.51. The van der Waals surface area contributed by atoms with E-state index in [0.29, 0.717) is 29.5 Å². The predicted octanol–water partition coefficient (Wildman–Crippen LogP) is 3.84. The Kier molecular flexibility index (Phi) is 4.63. The van der Waals surface area contributed by atoms with Crippen molar-refractivity contribution in [2.75, 3.05) is 18.2 Å². The molecule has 3 rings (SSSR count). The van der Waals surface area contributed by atoms with Crippen molar-refractivity contribution in [3.05, 3.63) is 48.2 Å². The largest absolute Gasteiger partial charge is 0.492 e. The molecule has 0 unspecified atom stereocenters. The third kappa shape index (κ3) is 3.80. The van der Waals surface area contributed by atoms with Crippen LogP contribution >= 0.6 is 11.8 Å². The van der Waals surface area contributed by atoms with Gasteiger partial charge in [-0.2, -0.15) is 0 Å². The minimum Gasteiger partial charge on any atom is -0.492 e. The van der Waals surface area contributed by atoms with E-state index in [1.807, 2.05) is 36.6 Å². The number of ether oxygens (including phenoxy) is 1. The average Bonchev–Trinajstić information content (AvgIpc) is 3.38. The Hall–Kier alpha value is -2.01. The molecule has 1 saturated carbocycles. The third-order valence-corrected chi connectivity index (χ3v) is 4.17. The summed E-state index contributed by atoms with van der Waals surface area (Å²) in [5, 5.41) is 3.78. The number of hydrogen-bond donors (Lipinski definition) is 1. The molecule has 0 saturated heterocycles. The van der Waals surface area contributed by atoms with E-state index in [-0.39, 0.29) is 5.91 Å². The van der Waals surface area contributed by atoms with Gasteiger partial charge in [0.05, 0.1) is 29.1 Å². The lowest BCUT2D eigenvalue weighted by atomic mass is 10.2. The number of pyridine rings is 1. The summed E-state index contributed by atoms with van der Waals surface area (Å²) in [5.74, 6) is 1.12. The molecular formula is C17H18N2O2S. The number of aromatic nitrogens is 1. The van der Waals surface area contributed by atoms with Gasteiger partial charge in [-0.15, -0.1) is 11.8 Å². The molecule has 0 radical (unpaired) electrons. The van der Waals surface area contributed by atoms with Crippen LogP contribution in [0.1, 0.15) is 23.2 Å². The van der Waals surface area contributed by atoms with E-state index < -0.39 is 0 Å². The lowest BCUT2D eigenvalue weighted by molar-refractivity contribution is 0.102. The molecule has 1 N–H and O–H groups in total. The molecule has 0 atom stereocenters. The van der Waals surface area contributed by atoms with Gasteiger partial charge >= 0.3 is 0 Å². The van der Waals surface area contributed by atoms with Crippen molar-refractivity contribution >= 4 is 23.4 Å². The van der Waals surface area contributed by atoms with E-state index in [9.17, 15) is 4.79 Å². The second-order valence-electron chi connectivity index (χ2n) is 5.29. The number of rotatable bonds is 6. The number of carbonyl (C=O) groups excluding carboxylic acids is 1. The molecule has 1 aliphatic rings. The molecule has 1 fully saturated rings. The Bertz CT molecular complexity index is 654. The van der Waals surface area contributed by atoms with Gasteiger partial charge in [0.15, 0.2) is 0 Å². The van der Waals surface area contributed by atoms with Crippen LogP contribution in [-0.2, 0) is 0 Å². The standard InChI is InChI=1S/C17H18N2O2S/c1-22-16-9-8-13(10-18-16)19-17(20)14-4-2-3-5-15(14)21-11-12-6-7-12/h2-5,8-10,12H,6-7,11H2,1H3,(H,19,20). The molecule has 2 aromatic rings. The number of anilines is 1. The fourth-order valence-electron chi connectivity index (χ4n) is 2.05. The minimum absolute atomic E-state index is 0.176. The van der Waals surface area contributed by atoms with E-state index in [4.69, 9.17) is 4.74 Å². The van der Waals surface area contributed by atoms with Crippen molar-refractivity contribution in [2.24, 2.45) is 5.92 Å². The van der Waals surface area contributed by atoms with E-state index in [0.717, 1.165) is 5.03 Å². The highest BCUT2D eigenvalue weighted by molar-refractivity contribution is 7.98. The summed E-state index contributed by atoms with van der Waals surface area (Å²) in [6, 6.07) is 11.1. The van der Waals surface area contributed by atoms with Crippen LogP contribution in [0.4, 0.5) is 5.69 Å². The van der Waals surface area contributed by atoms with Crippen LogP contribution in [0.15, 0.2) is 47.6 Å². The van der Waals surface area contributed by atoms with Gasteiger partial charge in [-0.05, 0) is 49.3 Å². The molecule has 1 heterocycles. The monoisotopic (exact) mass is 314 g/mol. The molecule has 22 heavy (non-hydrogen) atoms. The quantitative estimate of drug-likeness (QED) is 0.823. The molecule has 1 aliphatic carbocycles. The molecular weight excluding hydrogens is 296 g/mol. The van der Waals surface area contributed by atoms with Crippen molar-refractivity contribution < 1.29 is 9.53 Å². The van der Waals surface area contributed by atoms with Gasteiger partial charge in [-0.25, -0.2) is 4.98 Å². The molecule has 0 bridgehead atoms. The number of thioether (sulfide) groups is 1. The smallest absolute Gasteiger partial charge is 0.259 e. The topological polar surface area (TPSA) is 51.2 Å². The van der Waals surface area contributed by atoms with Gasteiger partial charge < -0.3 is 10.1 Å². The molecule has 1 aromatic carbocycles. The highest BCUT2D eigenvalue weighted by Crippen LogP contribution is 2.30. The first-order valence-corrected chi connectivity index (χ1v) is 8.52. The maximum atomic E-state index is 12.4. The van der Waals surface area contributed by atoms with Gasteiger partial charge in [0.2, 0.25) is 0 Å². The maximum absolute atomic E-state index is 12.4. The summed E-state index contributed by atoms with van der Waals surface area (Å²) < 4.78 is 5.78. The number of benzene rings is 1. The van der Waals surface area contributed by atoms with Crippen molar-refractivity contribution in [1.29, 1.82) is 0 Å². The molecule has 114 valence electrons. The Morgan fingerprint density at radius 1 is 1.32 bits per heavy atom. The lowest BCUT2D eigenvalue weighted by Crippen LogP contribution is -2.14. The molecule has 5 heteroatoms. The summed E-state index contributed by atoms with van der Waals surface area (Å²) in [4.78, 5) is 16.7. The van der Waals surface area contributed by atoms with E-state index in [1.165, 1.54) is 12.8 Å². The first-order valence-electron chi connectivity index (χ1n) is 7.29. The van der Waals surface area contributed by atoms with Crippen LogP contribution in [0.3, 0.4) is 0 Å². The van der Waals surface area contributed by atoms with Gasteiger partial charge in [-0.1, -0.05) is 12.1 Å². The Morgan fingerprint density at radius 2 is 2.14 bits per heavy atom. The van der Waals surface area contributed by atoms with Gasteiger partial charge in [0, 0.05) is 0 Å². The fraction of sp³-hybridized carbons (Fsp3) is 0.294. The van der Waals surface area contributed by atoms with Crippen LogP contribution in [0, 0.1) is 5.92 Å². The summed E-state index contributed by atoms with van der Waals surface area (Å²) in [6.07, 6.45) is 6.08. The Morgan fingerprint density at radius 3 is 2.82 bits per heavy atom. The summed E-state index contributed by atoms with van der Waals surface area (Å²) in [6.45, 7) is 0.689. The summed E-state index contributed by atoms with van der Waals surface area (Å²) in [5.41, 5.74) is 1.23. The fourth-order valence-corrected chi connectivity index (χ4v) is 2.41. The van der Waals surface area contributed by atoms with Crippen LogP contribution in [0.25, 0.3) is 0 Å². The summed E-state index contributed by atoms with van der Waals surface area (Å²) in [7, 11) is 0. The normalized spacial score (nSPS) is 13.7. The lowest BCUT2D eigenvalue weighted by Gasteiger charge is -2.11. The second kappa shape index (κ2) is 6.83. The maximum Gasteiger partial charge on any atom is 0.259 e. The number of hydrogen-bond acceptors (Lipinski definition) is 4. The second-order valence-corrected chi connectivity index (χ2v) is 6.12. The van der Waals surface area contributed by atoms with Gasteiger partial charge in [0.25, 0.3) is 5.91 Å². The van der Waals surface area contributed by atoms with Crippen molar-refractivity contribution in [3.8, 4) is 5.75 Å². The SMILES string of the molecule is CSc1ccc(NC(=O)c2ccccc2OCC2CC2)cn1. The number of nitrogens with one attached hydrogen (secondary N) is 1. The molecule has 1 aromatic heterocycles. The van der Waals surface area contributed by atoms with Crippen molar-refractivity contribution in [3.63, 3.8) is 0 Å². The highest BCUT2D eigenvalue weighted by atomic mass is 32.2. The van der Waals surface area contributed by atoms with Crippen molar-refractivity contribution in [2.45, 2.75) is 17.9 Å². The van der Waals surface area contributed by atoms with Crippen LogP contribution in [0.2, 0.25) is 0 Å². The zero-order valence-corrected chi connectivity index (χ0v) is 13.2. The van der Waals surface area contributed by atoms with E-state index in [1.54, 1.807) is 24.0 Å². The summed E-state index contributed by atoms with van der Waals surface area (Å²) >= 11 is 1.57. The van der Waals surface area contributed by atoms with E-state index >= 15 is 0 Å². The number of para-hydroxylation sites is 1. The van der Waals surface area contributed by atoms with E-state index in [2.05, 4.69) is 10.3 Å². The number of nitrogens with zero attached hydrogens (tertiary/aromatic N) is 1. The predicted molar refractivity (Wildman–Crippen MR) is 88.6 cm³/mol. The number of amides is 1. The number of carbonyl (C=O) groups is 1. The molecule has 0 aliphatic heterocycles. The van der Waals surface area contributed by atoms with Crippen LogP contribution < -0.4 is 10.1 Å². The average molecular weight is 314 g/mol. The minimum atomic E-state index is -0.176. The van der Waals surface area contributed by atoms with Crippen LogP contribution in [0.5, 0.6) is 5.75 Å².